The van der Waals surface area contributed by atoms with Crippen LogP contribution in [0, 0.1) is 10.1 Å². The maximum absolute atomic E-state index is 13.1. The third-order valence-corrected chi connectivity index (χ3v) is 4.71. The summed E-state index contributed by atoms with van der Waals surface area (Å²) in [6, 6.07) is 5.79. The van der Waals surface area contributed by atoms with Crippen molar-refractivity contribution in [3.05, 3.63) is 60.8 Å². The fourth-order valence-electron chi connectivity index (χ4n) is 3.27. The van der Waals surface area contributed by atoms with Crippen molar-refractivity contribution in [2.24, 2.45) is 0 Å². The first kappa shape index (κ1) is 19.6. The molecule has 0 amide bonds. The highest BCUT2D eigenvalue weighted by Crippen LogP contribution is 2.19. The van der Waals surface area contributed by atoms with E-state index in [2.05, 4.69) is 0 Å². The highest BCUT2D eigenvalue weighted by Gasteiger charge is 2.23. The number of nitrogen functional groups attached to an aromatic ring is 1. The fourth-order valence-corrected chi connectivity index (χ4v) is 3.27. The van der Waals surface area contributed by atoms with Gasteiger partial charge in [0.05, 0.1) is 24.7 Å². The SMILES string of the molecule is CCCn1c(N)c(N2CCOCC2)c(=O)n(Cc2ccc([N+](=O)[O-])cc2)c1=O. The Bertz CT molecular complexity index is 974. The van der Waals surface area contributed by atoms with Gasteiger partial charge in [0.2, 0.25) is 0 Å². The summed E-state index contributed by atoms with van der Waals surface area (Å²) in [5.74, 6) is 0.165. The van der Waals surface area contributed by atoms with E-state index in [1.54, 1.807) is 12.1 Å². The van der Waals surface area contributed by atoms with Crippen LogP contribution in [-0.2, 0) is 17.8 Å². The van der Waals surface area contributed by atoms with Crippen molar-refractivity contribution in [3.63, 3.8) is 0 Å². The molecule has 2 N–H and O–H groups in total. The molecule has 1 fully saturated rings. The van der Waals surface area contributed by atoms with Crippen molar-refractivity contribution in [2.45, 2.75) is 26.4 Å². The molecule has 10 heteroatoms. The molecule has 0 unspecified atom stereocenters. The zero-order valence-corrected chi connectivity index (χ0v) is 15.7. The lowest BCUT2D eigenvalue weighted by atomic mass is 10.2. The summed E-state index contributed by atoms with van der Waals surface area (Å²) in [5.41, 5.74) is 6.13. The number of anilines is 2. The van der Waals surface area contributed by atoms with E-state index in [9.17, 15) is 19.7 Å². The van der Waals surface area contributed by atoms with Crippen molar-refractivity contribution in [3.8, 4) is 0 Å². The van der Waals surface area contributed by atoms with Crippen molar-refractivity contribution in [1.82, 2.24) is 9.13 Å². The minimum absolute atomic E-state index is 0.0109. The van der Waals surface area contributed by atoms with E-state index in [4.69, 9.17) is 10.5 Å². The first-order chi connectivity index (χ1) is 13.4. The van der Waals surface area contributed by atoms with Gasteiger partial charge in [-0.2, -0.15) is 0 Å². The summed E-state index contributed by atoms with van der Waals surface area (Å²) in [6.45, 7) is 4.32. The monoisotopic (exact) mass is 389 g/mol. The Morgan fingerprint density at radius 1 is 1.14 bits per heavy atom. The van der Waals surface area contributed by atoms with E-state index >= 15 is 0 Å². The van der Waals surface area contributed by atoms with Crippen LogP contribution >= 0.6 is 0 Å². The van der Waals surface area contributed by atoms with Crippen LogP contribution < -0.4 is 21.9 Å². The Kier molecular flexibility index (Phi) is 5.78. The van der Waals surface area contributed by atoms with Crippen LogP contribution in [0.3, 0.4) is 0 Å². The Hall–Kier alpha value is -3.14. The lowest BCUT2D eigenvalue weighted by Crippen LogP contribution is -2.47. The van der Waals surface area contributed by atoms with E-state index in [1.165, 1.54) is 16.7 Å². The van der Waals surface area contributed by atoms with Crippen molar-refractivity contribution in [2.75, 3.05) is 36.9 Å². The minimum atomic E-state index is -0.496. The third kappa shape index (κ3) is 3.77. The van der Waals surface area contributed by atoms with Crippen LogP contribution in [0.2, 0.25) is 0 Å². The molecule has 28 heavy (non-hydrogen) atoms. The lowest BCUT2D eigenvalue weighted by molar-refractivity contribution is -0.384. The summed E-state index contributed by atoms with van der Waals surface area (Å²) in [6.07, 6.45) is 0.683. The Balaban J connectivity index is 2.08. The van der Waals surface area contributed by atoms with Gasteiger partial charge in [-0.1, -0.05) is 19.1 Å². The summed E-state index contributed by atoms with van der Waals surface area (Å²) >= 11 is 0. The van der Waals surface area contributed by atoms with Gasteiger partial charge in [0, 0.05) is 31.8 Å². The second kappa shape index (κ2) is 8.26. The van der Waals surface area contributed by atoms with E-state index in [0.29, 0.717) is 50.5 Å². The molecule has 0 radical (unpaired) electrons. The fraction of sp³-hybridized carbons (Fsp3) is 0.444. The number of ether oxygens (including phenoxy) is 1. The smallest absolute Gasteiger partial charge is 0.332 e. The lowest BCUT2D eigenvalue weighted by Gasteiger charge is -2.30. The molecule has 1 aliphatic heterocycles. The number of nitro benzene ring substituents is 1. The number of nitro groups is 1. The van der Waals surface area contributed by atoms with Crippen LogP contribution in [0.4, 0.5) is 17.2 Å². The number of aromatic nitrogens is 2. The number of rotatable bonds is 6. The zero-order valence-electron chi connectivity index (χ0n) is 15.7. The van der Waals surface area contributed by atoms with Crippen LogP contribution in [-0.4, -0.2) is 40.4 Å². The van der Waals surface area contributed by atoms with E-state index in [0.717, 1.165) is 4.57 Å². The van der Waals surface area contributed by atoms with Gasteiger partial charge in [-0.05, 0) is 12.0 Å². The number of nitrogens with zero attached hydrogens (tertiary/aromatic N) is 4. The molecule has 0 aliphatic carbocycles. The van der Waals surface area contributed by atoms with Gasteiger partial charge < -0.3 is 15.4 Å². The average Bonchev–Trinajstić information content (AvgIpc) is 2.70. The zero-order chi connectivity index (χ0) is 20.3. The predicted molar refractivity (Wildman–Crippen MR) is 105 cm³/mol. The minimum Gasteiger partial charge on any atom is -0.383 e. The Morgan fingerprint density at radius 3 is 2.36 bits per heavy atom. The van der Waals surface area contributed by atoms with E-state index in [-0.39, 0.29) is 18.1 Å². The largest absolute Gasteiger partial charge is 0.383 e. The quantitative estimate of drug-likeness (QED) is 0.572. The average molecular weight is 389 g/mol. The second-order valence-corrected chi connectivity index (χ2v) is 6.58. The molecule has 1 saturated heterocycles. The standard InChI is InChI=1S/C18H23N5O5/c1-2-7-21-16(19)15(20-8-10-28-11-9-20)17(24)22(18(21)25)12-13-3-5-14(6-4-13)23(26)27/h3-6H,2,7-12,19H2,1H3. The summed E-state index contributed by atoms with van der Waals surface area (Å²) in [7, 11) is 0. The topological polar surface area (TPSA) is 126 Å². The van der Waals surface area contributed by atoms with Gasteiger partial charge in [0.1, 0.15) is 11.5 Å². The normalized spacial score (nSPS) is 14.2. The first-order valence-electron chi connectivity index (χ1n) is 9.13. The molecule has 10 nitrogen and oxygen atoms in total. The number of nitrogens with two attached hydrogens (primary N) is 1. The molecular weight excluding hydrogens is 366 g/mol. The molecule has 0 bridgehead atoms. The molecule has 1 aliphatic rings. The Labute approximate surface area is 160 Å². The molecule has 3 rings (SSSR count). The maximum Gasteiger partial charge on any atom is 0.332 e. The van der Waals surface area contributed by atoms with Crippen molar-refractivity contribution < 1.29 is 9.66 Å². The third-order valence-electron chi connectivity index (χ3n) is 4.71. The molecule has 0 spiro atoms. The highest BCUT2D eigenvalue weighted by molar-refractivity contribution is 5.63. The van der Waals surface area contributed by atoms with Gasteiger partial charge in [-0.15, -0.1) is 0 Å². The van der Waals surface area contributed by atoms with E-state index < -0.39 is 16.2 Å². The number of hydrogen-bond donors (Lipinski definition) is 1. The first-order valence-corrected chi connectivity index (χ1v) is 9.13. The van der Waals surface area contributed by atoms with Gasteiger partial charge in [-0.3, -0.25) is 24.0 Å². The van der Waals surface area contributed by atoms with Crippen LogP contribution in [0.1, 0.15) is 18.9 Å². The molecule has 0 saturated carbocycles. The molecular formula is C18H23N5O5. The van der Waals surface area contributed by atoms with Crippen molar-refractivity contribution >= 4 is 17.2 Å². The van der Waals surface area contributed by atoms with Gasteiger partial charge in [0.25, 0.3) is 11.2 Å². The number of hydrogen-bond acceptors (Lipinski definition) is 7. The number of morpholine rings is 1. The van der Waals surface area contributed by atoms with Gasteiger partial charge >= 0.3 is 5.69 Å². The number of non-ortho nitro benzene ring substituents is 1. The molecule has 1 aromatic carbocycles. The van der Waals surface area contributed by atoms with Crippen LogP contribution in [0.25, 0.3) is 0 Å². The molecule has 0 atom stereocenters. The molecule has 1 aromatic heterocycles. The Morgan fingerprint density at radius 2 is 1.79 bits per heavy atom. The number of benzene rings is 1. The van der Waals surface area contributed by atoms with Crippen LogP contribution in [0.15, 0.2) is 33.9 Å². The summed E-state index contributed by atoms with van der Waals surface area (Å²) in [5, 5.41) is 10.8. The summed E-state index contributed by atoms with van der Waals surface area (Å²) < 4.78 is 7.90. The molecule has 2 aromatic rings. The van der Waals surface area contributed by atoms with Crippen molar-refractivity contribution in [1.29, 1.82) is 0 Å². The predicted octanol–water partition coefficient (Wildman–Crippen LogP) is 0.795. The highest BCUT2D eigenvalue weighted by atomic mass is 16.6. The van der Waals surface area contributed by atoms with E-state index in [1.807, 2.05) is 11.8 Å². The van der Waals surface area contributed by atoms with Gasteiger partial charge in [-0.25, -0.2) is 4.79 Å². The maximum atomic E-state index is 13.1. The second-order valence-electron chi connectivity index (χ2n) is 6.58. The molecule has 150 valence electrons. The van der Waals surface area contributed by atoms with Crippen LogP contribution in [0.5, 0.6) is 0 Å². The molecule has 2 heterocycles. The van der Waals surface area contributed by atoms with Gasteiger partial charge in [0.15, 0.2) is 0 Å². The summed E-state index contributed by atoms with van der Waals surface area (Å²) in [4.78, 5) is 38.2.